The highest BCUT2D eigenvalue weighted by Crippen LogP contribution is 2.14. The van der Waals surface area contributed by atoms with Crippen molar-refractivity contribution < 1.29 is 29.0 Å². The SMILES string of the molecule is CCCCCCCCCCCCCCCCCC(=O)O[C@H](C)C(=O)O[C@@H](C)C(=O)O. The zero-order chi connectivity index (χ0) is 22.6. The predicted octanol–water partition coefficient (Wildman–Crippen LogP) is 6.20. The van der Waals surface area contributed by atoms with Gasteiger partial charge >= 0.3 is 17.9 Å². The van der Waals surface area contributed by atoms with Gasteiger partial charge in [-0.25, -0.2) is 9.59 Å². The maximum Gasteiger partial charge on any atom is 0.347 e. The minimum absolute atomic E-state index is 0.268. The Balaban J connectivity index is 3.46. The lowest BCUT2D eigenvalue weighted by atomic mass is 10.0. The first-order valence-electron chi connectivity index (χ1n) is 12.0. The van der Waals surface area contributed by atoms with Crippen LogP contribution in [-0.4, -0.2) is 35.2 Å². The molecule has 0 radical (unpaired) electrons. The molecule has 0 aliphatic carbocycles. The van der Waals surface area contributed by atoms with Crippen molar-refractivity contribution in [1.82, 2.24) is 0 Å². The van der Waals surface area contributed by atoms with Gasteiger partial charge in [0.15, 0.2) is 12.2 Å². The number of carboxylic acid groups (broad SMARTS) is 1. The average molecular weight is 429 g/mol. The van der Waals surface area contributed by atoms with E-state index in [0.717, 1.165) is 19.3 Å². The third-order valence-electron chi connectivity index (χ3n) is 5.27. The zero-order valence-corrected chi connectivity index (χ0v) is 19.5. The molecule has 2 atom stereocenters. The maximum atomic E-state index is 11.8. The van der Waals surface area contributed by atoms with Gasteiger partial charge in [-0.2, -0.15) is 0 Å². The van der Waals surface area contributed by atoms with Crippen LogP contribution in [0.1, 0.15) is 124 Å². The van der Waals surface area contributed by atoms with Crippen molar-refractivity contribution in [2.75, 3.05) is 0 Å². The Morgan fingerprint density at radius 3 is 1.43 bits per heavy atom. The van der Waals surface area contributed by atoms with Crippen molar-refractivity contribution in [2.24, 2.45) is 0 Å². The standard InChI is InChI=1S/C24H44O6/c1-4-5-6-7-8-9-10-11-12-13-14-15-16-17-18-19-22(25)29-21(3)24(28)30-20(2)23(26)27/h20-21H,4-19H2,1-3H3,(H,26,27)/t20-,21+/m0/s1. The molecule has 0 aromatic heterocycles. The summed E-state index contributed by atoms with van der Waals surface area (Å²) in [5.41, 5.74) is 0. The molecule has 1 N–H and O–H groups in total. The number of hydrogen-bond donors (Lipinski definition) is 1. The fourth-order valence-electron chi connectivity index (χ4n) is 3.27. The molecule has 0 amide bonds. The van der Waals surface area contributed by atoms with E-state index >= 15 is 0 Å². The lowest BCUT2D eigenvalue weighted by molar-refractivity contribution is -0.174. The van der Waals surface area contributed by atoms with Crippen molar-refractivity contribution in [3.8, 4) is 0 Å². The number of esters is 2. The van der Waals surface area contributed by atoms with Gasteiger partial charge in [0.25, 0.3) is 0 Å². The van der Waals surface area contributed by atoms with Crippen LogP contribution in [0.2, 0.25) is 0 Å². The van der Waals surface area contributed by atoms with Crippen LogP contribution < -0.4 is 0 Å². The summed E-state index contributed by atoms with van der Waals surface area (Å²) in [6, 6.07) is 0. The summed E-state index contributed by atoms with van der Waals surface area (Å²) in [6.45, 7) is 4.90. The Morgan fingerprint density at radius 1 is 0.633 bits per heavy atom. The molecule has 6 heteroatoms. The fraction of sp³-hybridized carbons (Fsp3) is 0.875. The van der Waals surface area contributed by atoms with Crippen molar-refractivity contribution in [1.29, 1.82) is 0 Å². The highest BCUT2D eigenvalue weighted by atomic mass is 16.6. The molecule has 0 aliphatic heterocycles. The summed E-state index contributed by atoms with van der Waals surface area (Å²) in [7, 11) is 0. The summed E-state index contributed by atoms with van der Waals surface area (Å²) >= 11 is 0. The number of unbranched alkanes of at least 4 members (excludes halogenated alkanes) is 14. The van der Waals surface area contributed by atoms with Crippen LogP contribution in [0.15, 0.2) is 0 Å². The van der Waals surface area contributed by atoms with Gasteiger partial charge in [-0.1, -0.05) is 96.8 Å². The maximum absolute atomic E-state index is 11.8. The van der Waals surface area contributed by atoms with E-state index in [1.165, 1.54) is 90.9 Å². The predicted molar refractivity (Wildman–Crippen MR) is 118 cm³/mol. The average Bonchev–Trinajstić information content (AvgIpc) is 2.70. The van der Waals surface area contributed by atoms with Gasteiger partial charge in [0.05, 0.1) is 0 Å². The Hall–Kier alpha value is -1.59. The number of carboxylic acids is 1. The van der Waals surface area contributed by atoms with E-state index < -0.39 is 30.1 Å². The molecular weight excluding hydrogens is 384 g/mol. The van der Waals surface area contributed by atoms with Gasteiger partial charge in [0.2, 0.25) is 0 Å². The molecule has 0 spiro atoms. The van der Waals surface area contributed by atoms with Crippen LogP contribution in [0, 0.1) is 0 Å². The molecule has 0 aromatic rings. The summed E-state index contributed by atoms with van der Waals surface area (Å²) in [4.78, 5) is 34.1. The number of carbonyl (C=O) groups is 3. The molecular formula is C24H44O6. The Morgan fingerprint density at radius 2 is 1.03 bits per heavy atom. The summed E-state index contributed by atoms with van der Waals surface area (Å²) in [5, 5.41) is 8.71. The molecule has 0 aliphatic rings. The normalized spacial score (nSPS) is 12.9. The van der Waals surface area contributed by atoms with E-state index in [0.29, 0.717) is 0 Å². The van der Waals surface area contributed by atoms with Gasteiger partial charge in [-0.15, -0.1) is 0 Å². The molecule has 0 aromatic carbocycles. The number of ether oxygens (including phenoxy) is 2. The molecule has 0 saturated carbocycles. The molecule has 0 heterocycles. The second-order valence-corrected chi connectivity index (χ2v) is 8.25. The van der Waals surface area contributed by atoms with Crippen LogP contribution in [0.5, 0.6) is 0 Å². The topological polar surface area (TPSA) is 89.9 Å². The van der Waals surface area contributed by atoms with Gasteiger partial charge in [0.1, 0.15) is 0 Å². The fourth-order valence-corrected chi connectivity index (χ4v) is 3.27. The van der Waals surface area contributed by atoms with Crippen LogP contribution in [0.4, 0.5) is 0 Å². The Bertz CT molecular complexity index is 463. The van der Waals surface area contributed by atoms with Gasteiger partial charge in [-0.3, -0.25) is 4.79 Å². The number of aliphatic carboxylic acids is 1. The largest absolute Gasteiger partial charge is 0.479 e. The van der Waals surface area contributed by atoms with E-state index in [-0.39, 0.29) is 6.42 Å². The minimum Gasteiger partial charge on any atom is -0.479 e. The number of hydrogen-bond acceptors (Lipinski definition) is 5. The molecule has 0 fully saturated rings. The zero-order valence-electron chi connectivity index (χ0n) is 19.5. The molecule has 0 saturated heterocycles. The van der Waals surface area contributed by atoms with E-state index in [4.69, 9.17) is 9.84 Å². The van der Waals surface area contributed by atoms with E-state index in [1.807, 2.05) is 0 Å². The van der Waals surface area contributed by atoms with E-state index in [9.17, 15) is 14.4 Å². The molecule has 0 rings (SSSR count). The Labute approximate surface area is 183 Å². The van der Waals surface area contributed by atoms with Crippen LogP contribution in [-0.2, 0) is 23.9 Å². The third-order valence-corrected chi connectivity index (χ3v) is 5.27. The second kappa shape index (κ2) is 19.4. The van der Waals surface area contributed by atoms with Crippen molar-refractivity contribution in [3.05, 3.63) is 0 Å². The van der Waals surface area contributed by atoms with Crippen LogP contribution >= 0.6 is 0 Å². The number of carbonyl (C=O) groups excluding carboxylic acids is 2. The highest BCUT2D eigenvalue weighted by molar-refractivity contribution is 5.82. The first kappa shape index (κ1) is 28.4. The summed E-state index contributed by atoms with van der Waals surface area (Å²) < 4.78 is 9.70. The van der Waals surface area contributed by atoms with Crippen molar-refractivity contribution in [3.63, 3.8) is 0 Å². The third kappa shape index (κ3) is 17.3. The molecule has 30 heavy (non-hydrogen) atoms. The van der Waals surface area contributed by atoms with E-state index in [1.54, 1.807) is 0 Å². The molecule has 6 nitrogen and oxygen atoms in total. The first-order valence-corrected chi connectivity index (χ1v) is 12.0. The van der Waals surface area contributed by atoms with Crippen molar-refractivity contribution >= 4 is 17.9 Å². The molecule has 176 valence electrons. The minimum atomic E-state index is -1.26. The van der Waals surface area contributed by atoms with Crippen molar-refractivity contribution in [2.45, 2.75) is 136 Å². The quantitative estimate of drug-likeness (QED) is 0.183. The lowest BCUT2D eigenvalue weighted by Crippen LogP contribution is -2.32. The number of rotatable bonds is 20. The Kier molecular flexibility index (Phi) is 18.4. The summed E-state index contributed by atoms with van der Waals surface area (Å²) in [6.07, 6.45) is 16.8. The first-order chi connectivity index (χ1) is 14.4. The summed E-state index contributed by atoms with van der Waals surface area (Å²) in [5.74, 6) is -2.52. The highest BCUT2D eigenvalue weighted by Gasteiger charge is 2.23. The van der Waals surface area contributed by atoms with Crippen LogP contribution in [0.3, 0.4) is 0 Å². The van der Waals surface area contributed by atoms with E-state index in [2.05, 4.69) is 11.7 Å². The van der Waals surface area contributed by atoms with Gasteiger partial charge in [-0.05, 0) is 20.3 Å². The second-order valence-electron chi connectivity index (χ2n) is 8.25. The monoisotopic (exact) mass is 428 g/mol. The lowest BCUT2D eigenvalue weighted by Gasteiger charge is -2.14. The smallest absolute Gasteiger partial charge is 0.347 e. The van der Waals surface area contributed by atoms with Gasteiger partial charge in [0, 0.05) is 6.42 Å². The molecule has 0 unspecified atom stereocenters. The van der Waals surface area contributed by atoms with Gasteiger partial charge < -0.3 is 14.6 Å². The molecule has 0 bridgehead atoms. The van der Waals surface area contributed by atoms with Crippen LogP contribution in [0.25, 0.3) is 0 Å².